The highest BCUT2D eigenvalue weighted by molar-refractivity contribution is 7.53. The quantitative estimate of drug-likeness (QED) is 0.605. The van der Waals surface area contributed by atoms with E-state index in [1.54, 1.807) is 12.1 Å². The highest BCUT2D eigenvalue weighted by atomic mass is 32.1. The van der Waals surface area contributed by atoms with Crippen LogP contribution in [0.15, 0.2) is 40.8 Å². The van der Waals surface area contributed by atoms with E-state index < -0.39 is 5.82 Å². The third-order valence-electron chi connectivity index (χ3n) is 2.56. The lowest BCUT2D eigenvalue weighted by molar-refractivity contribution is 0.530. The van der Waals surface area contributed by atoms with Crippen molar-refractivity contribution in [3.05, 3.63) is 42.2 Å². The average molecular weight is 235 g/mol. The lowest BCUT2D eigenvalue weighted by Gasteiger charge is -1.95. The summed E-state index contributed by atoms with van der Waals surface area (Å²) in [5.74, 6) is -0.382. The SMILES string of the molecule is Fc1c(O[SH2+])ccc2c1oc1ccccc12. The van der Waals surface area contributed by atoms with Crippen molar-refractivity contribution in [2.45, 2.75) is 0 Å². The lowest BCUT2D eigenvalue weighted by atomic mass is 10.1. The van der Waals surface area contributed by atoms with Crippen LogP contribution in [-0.2, 0) is 12.9 Å². The second-order valence-corrected chi connectivity index (χ2v) is 3.66. The van der Waals surface area contributed by atoms with Gasteiger partial charge in [-0.3, -0.25) is 4.18 Å². The fourth-order valence-corrected chi connectivity index (χ4v) is 1.97. The zero-order valence-electron chi connectivity index (χ0n) is 8.16. The number of halogens is 1. The first-order valence-electron chi connectivity index (χ1n) is 4.74. The van der Waals surface area contributed by atoms with Crippen LogP contribution in [0.25, 0.3) is 21.9 Å². The summed E-state index contributed by atoms with van der Waals surface area (Å²) in [5.41, 5.74) is 0.888. The van der Waals surface area contributed by atoms with E-state index in [4.69, 9.17) is 8.60 Å². The maximum atomic E-state index is 13.9. The van der Waals surface area contributed by atoms with Crippen LogP contribution in [0, 0.1) is 5.82 Å². The number of hydrogen-bond acceptors (Lipinski definition) is 2. The first-order valence-corrected chi connectivity index (χ1v) is 5.15. The Morgan fingerprint density at radius 3 is 2.69 bits per heavy atom. The molecule has 0 amide bonds. The van der Waals surface area contributed by atoms with Crippen molar-refractivity contribution in [2.75, 3.05) is 0 Å². The molecular weight excluding hydrogens is 227 g/mol. The van der Waals surface area contributed by atoms with E-state index >= 15 is 0 Å². The van der Waals surface area contributed by atoms with Crippen LogP contribution in [0.1, 0.15) is 0 Å². The molecule has 3 rings (SSSR count). The Labute approximate surface area is 96.2 Å². The van der Waals surface area contributed by atoms with Gasteiger partial charge in [-0.05, 0) is 18.2 Å². The maximum Gasteiger partial charge on any atom is 0.226 e. The predicted octanol–water partition coefficient (Wildman–Crippen LogP) is 3.03. The van der Waals surface area contributed by atoms with Crippen LogP contribution in [0.3, 0.4) is 0 Å². The Morgan fingerprint density at radius 2 is 1.88 bits per heavy atom. The number of benzene rings is 2. The van der Waals surface area contributed by atoms with Gasteiger partial charge >= 0.3 is 0 Å². The molecule has 1 heterocycles. The maximum absolute atomic E-state index is 13.9. The molecule has 0 spiro atoms. The Kier molecular flexibility index (Phi) is 2.04. The van der Waals surface area contributed by atoms with Crippen molar-refractivity contribution >= 4 is 34.8 Å². The van der Waals surface area contributed by atoms with E-state index in [1.807, 2.05) is 24.3 Å². The summed E-state index contributed by atoms with van der Waals surface area (Å²) < 4.78 is 24.0. The second-order valence-electron chi connectivity index (χ2n) is 3.45. The molecule has 0 radical (unpaired) electrons. The largest absolute Gasteiger partial charge is 0.453 e. The normalized spacial score (nSPS) is 11.1. The third-order valence-corrected chi connectivity index (χ3v) is 2.78. The number of fused-ring (bicyclic) bond motifs is 3. The molecule has 0 saturated heterocycles. The van der Waals surface area contributed by atoms with E-state index in [0.717, 1.165) is 10.8 Å². The van der Waals surface area contributed by atoms with Gasteiger partial charge in [0.1, 0.15) is 5.58 Å². The van der Waals surface area contributed by atoms with Crippen molar-refractivity contribution in [3.63, 3.8) is 0 Å². The van der Waals surface area contributed by atoms with Gasteiger partial charge in [-0.2, -0.15) is 4.39 Å². The zero-order chi connectivity index (χ0) is 11.1. The van der Waals surface area contributed by atoms with Crippen molar-refractivity contribution in [2.24, 2.45) is 0 Å². The summed E-state index contributed by atoms with van der Waals surface area (Å²) in [6.07, 6.45) is 0. The van der Waals surface area contributed by atoms with Gasteiger partial charge in [-0.1, -0.05) is 18.2 Å². The van der Waals surface area contributed by atoms with Crippen LogP contribution in [0.4, 0.5) is 4.39 Å². The van der Waals surface area contributed by atoms with Crippen molar-refractivity contribution in [1.29, 1.82) is 0 Å². The van der Waals surface area contributed by atoms with Gasteiger partial charge in [0.05, 0.1) is 0 Å². The molecule has 0 unspecified atom stereocenters. The molecule has 80 valence electrons. The number of furan rings is 1. The summed E-state index contributed by atoms with van der Waals surface area (Å²) in [6.45, 7) is 0. The smallest absolute Gasteiger partial charge is 0.226 e. The summed E-state index contributed by atoms with van der Waals surface area (Å²) in [7, 11) is 0. The zero-order valence-corrected chi connectivity index (χ0v) is 9.16. The highest BCUT2D eigenvalue weighted by Crippen LogP contribution is 2.33. The van der Waals surface area contributed by atoms with Gasteiger partial charge in [-0.15, -0.1) is 0 Å². The number of hydrogen-bond donors (Lipinski definition) is 0. The third kappa shape index (κ3) is 1.20. The second kappa shape index (κ2) is 3.42. The molecule has 0 atom stereocenters. The Balaban J connectivity index is 2.49. The number of rotatable bonds is 1. The highest BCUT2D eigenvalue weighted by Gasteiger charge is 2.15. The molecule has 0 aliphatic rings. The van der Waals surface area contributed by atoms with Gasteiger partial charge in [0, 0.05) is 10.8 Å². The topological polar surface area (TPSA) is 22.4 Å². The van der Waals surface area contributed by atoms with E-state index in [1.165, 1.54) is 0 Å². The van der Waals surface area contributed by atoms with E-state index in [0.29, 0.717) is 5.58 Å². The molecule has 0 aliphatic heterocycles. The predicted molar refractivity (Wildman–Crippen MR) is 64.5 cm³/mol. The van der Waals surface area contributed by atoms with Gasteiger partial charge in [-0.25, -0.2) is 0 Å². The molecule has 3 aromatic rings. The van der Waals surface area contributed by atoms with Crippen LogP contribution < -0.4 is 4.18 Å². The monoisotopic (exact) mass is 235 g/mol. The summed E-state index contributed by atoms with van der Waals surface area (Å²) >= 11 is 2.81. The van der Waals surface area contributed by atoms with Crippen molar-refractivity contribution < 1.29 is 13.0 Å². The fraction of sp³-hybridized carbons (Fsp3) is 0. The van der Waals surface area contributed by atoms with Crippen LogP contribution in [0.2, 0.25) is 0 Å². The minimum Gasteiger partial charge on any atom is -0.453 e. The lowest BCUT2D eigenvalue weighted by Crippen LogP contribution is -1.85. The molecule has 2 aromatic carbocycles. The van der Waals surface area contributed by atoms with Crippen LogP contribution >= 0.6 is 0 Å². The first kappa shape index (κ1) is 9.54. The van der Waals surface area contributed by atoms with Crippen LogP contribution in [-0.4, -0.2) is 0 Å². The fourth-order valence-electron chi connectivity index (χ4n) is 1.82. The Hall–Kier alpha value is -1.68. The van der Waals surface area contributed by atoms with Crippen LogP contribution in [0.5, 0.6) is 5.75 Å². The summed E-state index contributed by atoms with van der Waals surface area (Å²) in [4.78, 5) is 0. The molecule has 0 aliphatic carbocycles. The van der Waals surface area contributed by atoms with Crippen molar-refractivity contribution in [3.8, 4) is 5.75 Å². The molecule has 1 aromatic heterocycles. The number of para-hydroxylation sites is 1. The van der Waals surface area contributed by atoms with Gasteiger partial charge < -0.3 is 4.42 Å². The molecule has 0 saturated carbocycles. The van der Waals surface area contributed by atoms with E-state index in [-0.39, 0.29) is 11.3 Å². The van der Waals surface area contributed by atoms with E-state index in [9.17, 15) is 4.39 Å². The van der Waals surface area contributed by atoms with Gasteiger partial charge in [0.2, 0.25) is 11.6 Å². The minimum absolute atomic E-state index is 0.114. The minimum atomic E-state index is -0.497. The average Bonchev–Trinajstić information content (AvgIpc) is 2.69. The molecule has 0 N–H and O–H groups in total. The molecule has 16 heavy (non-hydrogen) atoms. The van der Waals surface area contributed by atoms with Gasteiger partial charge in [0.15, 0.2) is 18.5 Å². The van der Waals surface area contributed by atoms with Gasteiger partial charge in [0.25, 0.3) is 0 Å². The first-order chi connectivity index (χ1) is 7.81. The molecule has 0 fully saturated rings. The standard InChI is InChI=1S/C12H7FO2S/c13-11-10(15-16)6-5-8-7-3-1-2-4-9(7)14-12(8)11/h1-6,16H/p+1. The van der Waals surface area contributed by atoms with Crippen molar-refractivity contribution in [1.82, 2.24) is 0 Å². The Bertz CT molecular complexity index is 675. The summed E-state index contributed by atoms with van der Waals surface area (Å²) in [6, 6.07) is 10.8. The van der Waals surface area contributed by atoms with E-state index in [2.05, 4.69) is 12.9 Å². The Morgan fingerprint density at radius 1 is 1.06 bits per heavy atom. The molecular formula is C12H8FO2S+. The molecule has 2 nitrogen and oxygen atoms in total. The molecule has 0 bridgehead atoms. The summed E-state index contributed by atoms with van der Waals surface area (Å²) in [5, 5.41) is 1.65. The molecule has 4 heteroatoms.